The third-order valence-corrected chi connectivity index (χ3v) is 6.77. The molecule has 1 heterocycles. The highest BCUT2D eigenvalue weighted by atomic mass is 32.2. The minimum atomic E-state index is -3.52. The summed E-state index contributed by atoms with van der Waals surface area (Å²) in [7, 11) is -3.52. The second-order valence-corrected chi connectivity index (χ2v) is 11.1. The molecule has 0 bridgehead atoms. The van der Waals surface area contributed by atoms with Gasteiger partial charge < -0.3 is 15.5 Å². The van der Waals surface area contributed by atoms with E-state index in [1.807, 2.05) is 0 Å². The van der Waals surface area contributed by atoms with Crippen molar-refractivity contribution in [1.29, 1.82) is 0 Å². The molecule has 3 aromatic carbocycles. The number of para-hydroxylation sites is 1. The van der Waals surface area contributed by atoms with Crippen LogP contribution in [0.3, 0.4) is 0 Å². The summed E-state index contributed by atoms with van der Waals surface area (Å²) < 4.78 is 74.4. The number of aromatic amines is 1. The van der Waals surface area contributed by atoms with Gasteiger partial charge in [-0.25, -0.2) is 26.6 Å². The maximum absolute atomic E-state index is 15.3. The summed E-state index contributed by atoms with van der Waals surface area (Å²) in [6.07, 6.45) is 1.03. The van der Waals surface area contributed by atoms with E-state index in [0.29, 0.717) is 22.2 Å². The number of nitrogens with zero attached hydrogens (tertiary/aromatic N) is 2. The number of allylic oxidation sites excluding steroid dienone is 1. The largest absolute Gasteiger partial charge is 0.451 e. The number of hydrogen-bond acceptors (Lipinski definition) is 7. The lowest BCUT2D eigenvalue weighted by atomic mass is 10.1. The fourth-order valence-electron chi connectivity index (χ4n) is 4.20. The number of fused-ring (bicyclic) bond motifs is 1. The number of hydrazone groups is 1. The Hall–Kier alpha value is -4.78. The first-order valence-electron chi connectivity index (χ1n) is 12.0. The summed E-state index contributed by atoms with van der Waals surface area (Å²) >= 11 is 0. The van der Waals surface area contributed by atoms with Crippen LogP contribution in [0, 0.1) is 31.3 Å². The Morgan fingerprint density at radius 1 is 1.05 bits per heavy atom. The van der Waals surface area contributed by atoms with Crippen molar-refractivity contribution < 1.29 is 31.1 Å². The predicted molar refractivity (Wildman–Crippen MR) is 152 cm³/mol. The summed E-state index contributed by atoms with van der Waals surface area (Å²) in [4.78, 5) is 16.3. The molecule has 0 aliphatic rings. The van der Waals surface area contributed by atoms with E-state index < -0.39 is 39.0 Å². The van der Waals surface area contributed by atoms with Crippen molar-refractivity contribution in [1.82, 2.24) is 4.98 Å². The van der Waals surface area contributed by atoms with Gasteiger partial charge in [0.05, 0.1) is 17.6 Å². The van der Waals surface area contributed by atoms with Gasteiger partial charge in [-0.15, -0.1) is 0 Å². The zero-order valence-corrected chi connectivity index (χ0v) is 23.3. The van der Waals surface area contributed by atoms with Gasteiger partial charge in [0.2, 0.25) is 15.8 Å². The molecule has 0 atom stereocenters. The van der Waals surface area contributed by atoms with Gasteiger partial charge >= 0.3 is 0 Å². The molecule has 4 aromatic rings. The summed E-state index contributed by atoms with van der Waals surface area (Å²) in [6, 6.07) is 10.3. The molecule has 0 fully saturated rings. The standard InChI is InChI=1S/C28H26F3N5O4S/c1-14-9-17-11-24(34-23(17)13-22(14)35-41(5,38)39)26(37)16(3)28(32)36(33-4)25-15(2)10-18(12-21(25)31)40-27-19(29)7-6-8-20(27)30/h6-13,34-35H,4,32H2,1-3,5H3/b28-16+. The van der Waals surface area contributed by atoms with Gasteiger partial charge in [0.25, 0.3) is 0 Å². The molecular weight excluding hydrogens is 559 g/mol. The van der Waals surface area contributed by atoms with Crippen LogP contribution in [0.4, 0.5) is 24.5 Å². The van der Waals surface area contributed by atoms with Crippen LogP contribution in [0.25, 0.3) is 10.9 Å². The van der Waals surface area contributed by atoms with E-state index in [0.717, 1.165) is 29.5 Å². The van der Waals surface area contributed by atoms with E-state index in [9.17, 15) is 22.0 Å². The number of rotatable bonds is 9. The van der Waals surface area contributed by atoms with Crippen LogP contribution in [0.5, 0.6) is 11.5 Å². The molecule has 13 heteroatoms. The molecule has 0 aliphatic heterocycles. The topological polar surface area (TPSA) is 130 Å². The lowest BCUT2D eigenvalue weighted by Gasteiger charge is -2.23. The Bertz CT molecular complexity index is 1810. The lowest BCUT2D eigenvalue weighted by molar-refractivity contribution is 0.102. The average molecular weight is 586 g/mol. The van der Waals surface area contributed by atoms with E-state index in [4.69, 9.17) is 10.5 Å². The molecule has 1 aromatic heterocycles. The minimum absolute atomic E-state index is 0.00252. The molecule has 4 N–H and O–H groups in total. The second kappa shape index (κ2) is 11.0. The third kappa shape index (κ3) is 6.04. The van der Waals surface area contributed by atoms with Crippen molar-refractivity contribution in [2.45, 2.75) is 20.8 Å². The fraction of sp³-hybridized carbons (Fsp3) is 0.143. The van der Waals surface area contributed by atoms with Crippen LogP contribution < -0.4 is 20.2 Å². The third-order valence-electron chi connectivity index (χ3n) is 6.18. The van der Waals surface area contributed by atoms with Crippen molar-refractivity contribution in [3.8, 4) is 11.5 Å². The van der Waals surface area contributed by atoms with E-state index in [1.54, 1.807) is 25.1 Å². The molecule has 0 radical (unpaired) electrons. The molecule has 41 heavy (non-hydrogen) atoms. The van der Waals surface area contributed by atoms with Gasteiger partial charge in [-0.3, -0.25) is 9.52 Å². The summed E-state index contributed by atoms with van der Waals surface area (Å²) in [5, 5.41) is 5.38. The number of nitrogens with two attached hydrogens (primary N) is 1. The fourth-order valence-corrected chi connectivity index (χ4v) is 4.82. The lowest BCUT2D eigenvalue weighted by Crippen LogP contribution is -2.27. The number of nitrogens with one attached hydrogen (secondary N) is 2. The highest BCUT2D eigenvalue weighted by Crippen LogP contribution is 2.35. The Labute approximate surface area is 234 Å². The molecule has 4 rings (SSSR count). The Morgan fingerprint density at radius 3 is 2.29 bits per heavy atom. The summed E-state index contributed by atoms with van der Waals surface area (Å²) in [6.45, 7) is 8.08. The zero-order valence-electron chi connectivity index (χ0n) is 22.5. The number of carbonyl (C=O) groups is 1. The SMILES string of the molecule is C=NN(/C(N)=C(\C)C(=O)c1cc2cc(C)c(NS(C)(=O)=O)cc2[nH]1)c1c(C)cc(Oc2c(F)cccc2F)cc1F. The van der Waals surface area contributed by atoms with Crippen LogP contribution in [-0.4, -0.2) is 32.2 Å². The zero-order chi connectivity index (χ0) is 30.2. The van der Waals surface area contributed by atoms with Crippen molar-refractivity contribution in [2.24, 2.45) is 10.8 Å². The maximum atomic E-state index is 15.3. The Morgan fingerprint density at radius 2 is 1.71 bits per heavy atom. The van der Waals surface area contributed by atoms with Crippen LogP contribution in [0.1, 0.15) is 28.5 Å². The smallest absolute Gasteiger partial charge is 0.229 e. The first-order chi connectivity index (χ1) is 19.2. The second-order valence-electron chi connectivity index (χ2n) is 9.33. The first kappa shape index (κ1) is 29.2. The minimum Gasteiger partial charge on any atom is -0.451 e. The molecular formula is C28H26F3N5O4S. The Kier molecular flexibility index (Phi) is 7.84. The highest BCUT2D eigenvalue weighted by molar-refractivity contribution is 7.92. The number of hydrogen-bond donors (Lipinski definition) is 3. The van der Waals surface area contributed by atoms with Crippen LogP contribution in [0.15, 0.2) is 65.0 Å². The van der Waals surface area contributed by atoms with Gasteiger partial charge in [0.1, 0.15) is 17.3 Å². The number of Topliss-reactive ketones (excluding diaryl/α,β-unsaturated/α-hetero) is 1. The number of H-pyrrole nitrogens is 1. The average Bonchev–Trinajstić information content (AvgIpc) is 3.29. The molecule has 0 saturated heterocycles. The van der Waals surface area contributed by atoms with Gasteiger partial charge in [0, 0.05) is 29.3 Å². The molecule has 0 unspecified atom stereocenters. The molecule has 0 amide bonds. The number of carbonyl (C=O) groups excluding carboxylic acids is 1. The van der Waals surface area contributed by atoms with Crippen molar-refractivity contribution in [3.05, 3.63) is 94.2 Å². The van der Waals surface area contributed by atoms with E-state index in [2.05, 4.69) is 21.5 Å². The molecule has 0 saturated carbocycles. The summed E-state index contributed by atoms with van der Waals surface area (Å²) in [5.41, 5.74) is 7.97. The van der Waals surface area contributed by atoms with Gasteiger partial charge in [-0.2, -0.15) is 5.10 Å². The predicted octanol–water partition coefficient (Wildman–Crippen LogP) is 5.86. The van der Waals surface area contributed by atoms with E-state index >= 15 is 4.39 Å². The van der Waals surface area contributed by atoms with E-state index in [1.165, 1.54) is 26.0 Å². The number of ether oxygens (including phenoxy) is 1. The number of aromatic nitrogens is 1. The van der Waals surface area contributed by atoms with Gasteiger partial charge in [0.15, 0.2) is 23.2 Å². The first-order valence-corrected chi connectivity index (χ1v) is 13.9. The molecule has 214 valence electrons. The van der Waals surface area contributed by atoms with Gasteiger partial charge in [-0.05, 0) is 68.3 Å². The monoisotopic (exact) mass is 585 g/mol. The van der Waals surface area contributed by atoms with Crippen LogP contribution >= 0.6 is 0 Å². The number of benzene rings is 3. The van der Waals surface area contributed by atoms with Crippen LogP contribution in [0.2, 0.25) is 0 Å². The number of anilines is 2. The number of ketones is 1. The van der Waals surface area contributed by atoms with Crippen molar-refractivity contribution in [2.75, 3.05) is 16.0 Å². The Balaban J connectivity index is 1.67. The van der Waals surface area contributed by atoms with Gasteiger partial charge in [-0.1, -0.05) is 6.07 Å². The van der Waals surface area contributed by atoms with Crippen LogP contribution in [-0.2, 0) is 10.0 Å². The highest BCUT2D eigenvalue weighted by Gasteiger charge is 2.23. The normalized spacial score (nSPS) is 12.2. The number of halogens is 3. The van der Waals surface area contributed by atoms with Crippen molar-refractivity contribution >= 4 is 44.8 Å². The molecule has 0 aliphatic carbocycles. The van der Waals surface area contributed by atoms with E-state index in [-0.39, 0.29) is 34.1 Å². The molecule has 9 nitrogen and oxygen atoms in total. The summed E-state index contributed by atoms with van der Waals surface area (Å²) in [5.74, 6) is -4.45. The quantitative estimate of drug-likeness (QED) is 0.0977. The molecule has 0 spiro atoms. The number of sulfonamides is 1. The maximum Gasteiger partial charge on any atom is 0.229 e. The number of aryl methyl sites for hydroxylation is 2. The van der Waals surface area contributed by atoms with Crippen molar-refractivity contribution in [3.63, 3.8) is 0 Å².